The van der Waals surface area contributed by atoms with Crippen LogP contribution in [-0.4, -0.2) is 43.4 Å². The maximum Gasteiger partial charge on any atom is 0.189 e. The Morgan fingerprint density at radius 1 is 1.00 bits per heavy atom. The van der Waals surface area contributed by atoms with Crippen molar-refractivity contribution in [3.05, 3.63) is 70.3 Å². The fourth-order valence-electron chi connectivity index (χ4n) is 4.04. The van der Waals surface area contributed by atoms with Crippen molar-refractivity contribution in [3.63, 3.8) is 0 Å². The maximum absolute atomic E-state index is 13.9. The Hall–Kier alpha value is -2.53. The summed E-state index contributed by atoms with van der Waals surface area (Å²) in [5.74, 6) is -1.42. The van der Waals surface area contributed by atoms with E-state index in [4.69, 9.17) is 0 Å². The average molecular weight is 382 g/mol. The first kappa shape index (κ1) is 18.8. The summed E-state index contributed by atoms with van der Waals surface area (Å²) in [5, 5.41) is 0. The number of aryl methyl sites for hydroxylation is 1. The van der Waals surface area contributed by atoms with E-state index < -0.39 is 11.6 Å². The fraction of sp³-hybridized carbons (Fsp3) is 0.348. The number of hydrogen-bond acceptors (Lipinski definition) is 3. The van der Waals surface area contributed by atoms with Crippen LogP contribution in [0.4, 0.5) is 14.5 Å². The third-order valence-corrected chi connectivity index (χ3v) is 5.79. The number of Topliss-reactive ketones (excluding diaryl/α,β-unsaturated/α-hetero) is 1. The van der Waals surface area contributed by atoms with Crippen LogP contribution in [0, 0.1) is 11.6 Å². The summed E-state index contributed by atoms with van der Waals surface area (Å²) in [6.07, 6.45) is 2.56. The lowest BCUT2D eigenvalue weighted by Gasteiger charge is -2.36. The van der Waals surface area contributed by atoms with Crippen molar-refractivity contribution in [2.24, 2.45) is 0 Å². The molecule has 5 heteroatoms. The molecule has 2 aliphatic rings. The molecular formula is C23H24F2N2O. The van der Waals surface area contributed by atoms with Gasteiger partial charge in [0, 0.05) is 48.6 Å². The molecule has 1 heterocycles. The van der Waals surface area contributed by atoms with Gasteiger partial charge in [-0.3, -0.25) is 4.79 Å². The Kier molecular flexibility index (Phi) is 5.27. The van der Waals surface area contributed by atoms with Gasteiger partial charge in [0.1, 0.15) is 11.6 Å². The van der Waals surface area contributed by atoms with Gasteiger partial charge in [0.25, 0.3) is 0 Å². The molecule has 0 spiro atoms. The molecule has 1 aliphatic heterocycles. The van der Waals surface area contributed by atoms with Crippen LogP contribution in [-0.2, 0) is 6.42 Å². The molecule has 2 aromatic rings. The highest BCUT2D eigenvalue weighted by atomic mass is 19.1. The van der Waals surface area contributed by atoms with Gasteiger partial charge < -0.3 is 9.80 Å². The van der Waals surface area contributed by atoms with Crippen LogP contribution in [0.3, 0.4) is 0 Å². The molecule has 0 radical (unpaired) electrons. The molecule has 28 heavy (non-hydrogen) atoms. The zero-order chi connectivity index (χ0) is 19.7. The Balaban J connectivity index is 1.57. The highest BCUT2D eigenvalue weighted by Crippen LogP contribution is 2.31. The molecule has 0 N–H and O–H groups in total. The molecule has 2 aromatic carbocycles. The standard InChI is InChI=1S/C23H24F2N2O/c1-2-26-10-12-27(13-11-26)18-8-9-19-16(14-18)6-7-17(23(19)28)15-20-21(24)4-3-5-22(20)25/h3-5,8-9,14-15H,2,6-7,10-13H2,1H3/b17-15+. The summed E-state index contributed by atoms with van der Waals surface area (Å²) in [4.78, 5) is 17.7. The monoisotopic (exact) mass is 382 g/mol. The minimum atomic E-state index is -0.646. The van der Waals surface area contributed by atoms with E-state index in [-0.39, 0.29) is 11.3 Å². The number of piperazine rings is 1. The van der Waals surface area contributed by atoms with Gasteiger partial charge in [-0.05, 0) is 61.4 Å². The molecule has 1 saturated heterocycles. The third-order valence-electron chi connectivity index (χ3n) is 5.79. The molecule has 0 bridgehead atoms. The molecule has 0 atom stereocenters. The number of hydrogen-bond donors (Lipinski definition) is 0. The SMILES string of the molecule is CCN1CCN(c2ccc3c(c2)CC/C(=C\c2c(F)cccc2F)C3=O)CC1. The summed E-state index contributed by atoms with van der Waals surface area (Å²) in [6.45, 7) is 7.32. The van der Waals surface area contributed by atoms with E-state index >= 15 is 0 Å². The number of likely N-dealkylation sites (N-methyl/N-ethyl adjacent to an activating group) is 1. The topological polar surface area (TPSA) is 23.6 Å². The summed E-state index contributed by atoms with van der Waals surface area (Å²) in [6, 6.07) is 9.71. The van der Waals surface area contributed by atoms with Gasteiger partial charge in [-0.1, -0.05) is 13.0 Å². The van der Waals surface area contributed by atoms with Crippen LogP contribution in [0.2, 0.25) is 0 Å². The number of carbonyl (C=O) groups is 1. The van der Waals surface area contributed by atoms with Gasteiger partial charge >= 0.3 is 0 Å². The molecule has 4 rings (SSSR count). The molecule has 0 amide bonds. The molecular weight excluding hydrogens is 358 g/mol. The first-order chi connectivity index (χ1) is 13.6. The van der Waals surface area contributed by atoms with Crippen molar-refractivity contribution in [2.75, 3.05) is 37.6 Å². The molecule has 0 unspecified atom stereocenters. The number of nitrogens with zero attached hydrogens (tertiary/aromatic N) is 2. The highest BCUT2D eigenvalue weighted by molar-refractivity contribution is 6.13. The molecule has 1 fully saturated rings. The molecule has 146 valence electrons. The second-order valence-corrected chi connectivity index (χ2v) is 7.40. The minimum Gasteiger partial charge on any atom is -0.369 e. The molecule has 0 saturated carbocycles. The number of anilines is 1. The minimum absolute atomic E-state index is 0.133. The van der Waals surface area contributed by atoms with Crippen LogP contribution in [0.15, 0.2) is 42.0 Å². The second-order valence-electron chi connectivity index (χ2n) is 7.40. The number of halogens is 2. The lowest BCUT2D eigenvalue weighted by Crippen LogP contribution is -2.46. The number of allylic oxidation sites excluding steroid dienone is 1. The zero-order valence-corrected chi connectivity index (χ0v) is 16.0. The van der Waals surface area contributed by atoms with Gasteiger partial charge in [-0.25, -0.2) is 8.78 Å². The Morgan fingerprint density at radius 3 is 2.39 bits per heavy atom. The van der Waals surface area contributed by atoms with Crippen molar-refractivity contribution in [2.45, 2.75) is 19.8 Å². The molecule has 0 aromatic heterocycles. The van der Waals surface area contributed by atoms with E-state index in [9.17, 15) is 13.6 Å². The Bertz CT molecular complexity index is 910. The Morgan fingerprint density at radius 2 is 1.71 bits per heavy atom. The first-order valence-corrected chi connectivity index (χ1v) is 9.86. The lowest BCUT2D eigenvalue weighted by atomic mass is 9.85. The number of fused-ring (bicyclic) bond motifs is 1. The van der Waals surface area contributed by atoms with E-state index in [0.29, 0.717) is 24.0 Å². The van der Waals surface area contributed by atoms with Gasteiger partial charge in [-0.15, -0.1) is 0 Å². The van der Waals surface area contributed by atoms with Crippen molar-refractivity contribution in [1.29, 1.82) is 0 Å². The van der Waals surface area contributed by atoms with Gasteiger partial charge in [-0.2, -0.15) is 0 Å². The number of ketones is 1. The predicted octanol–water partition coefficient (Wildman–Crippen LogP) is 4.32. The maximum atomic E-state index is 13.9. The van der Waals surface area contributed by atoms with Crippen molar-refractivity contribution >= 4 is 17.5 Å². The van der Waals surface area contributed by atoms with Gasteiger partial charge in [0.2, 0.25) is 0 Å². The summed E-state index contributed by atoms with van der Waals surface area (Å²) >= 11 is 0. The number of benzene rings is 2. The summed E-state index contributed by atoms with van der Waals surface area (Å²) in [7, 11) is 0. The zero-order valence-electron chi connectivity index (χ0n) is 16.0. The lowest BCUT2D eigenvalue weighted by molar-refractivity contribution is 0.102. The summed E-state index contributed by atoms with van der Waals surface area (Å²) in [5.41, 5.74) is 3.13. The van der Waals surface area contributed by atoms with Crippen LogP contribution in [0.1, 0.15) is 34.8 Å². The first-order valence-electron chi connectivity index (χ1n) is 9.86. The van der Waals surface area contributed by atoms with E-state index in [1.54, 1.807) is 0 Å². The van der Waals surface area contributed by atoms with Crippen LogP contribution in [0.25, 0.3) is 6.08 Å². The van der Waals surface area contributed by atoms with Crippen molar-refractivity contribution in [1.82, 2.24) is 4.90 Å². The molecule has 3 nitrogen and oxygen atoms in total. The smallest absolute Gasteiger partial charge is 0.189 e. The summed E-state index contributed by atoms with van der Waals surface area (Å²) < 4.78 is 27.9. The van der Waals surface area contributed by atoms with E-state index in [1.165, 1.54) is 24.3 Å². The third kappa shape index (κ3) is 3.59. The largest absolute Gasteiger partial charge is 0.369 e. The van der Waals surface area contributed by atoms with Crippen LogP contribution >= 0.6 is 0 Å². The van der Waals surface area contributed by atoms with Gasteiger partial charge in [0.15, 0.2) is 5.78 Å². The van der Waals surface area contributed by atoms with Crippen molar-refractivity contribution < 1.29 is 13.6 Å². The van der Waals surface area contributed by atoms with Crippen molar-refractivity contribution in [3.8, 4) is 0 Å². The quantitative estimate of drug-likeness (QED) is 0.739. The highest BCUT2D eigenvalue weighted by Gasteiger charge is 2.24. The average Bonchev–Trinajstić information content (AvgIpc) is 2.72. The number of carbonyl (C=O) groups excluding carboxylic acids is 1. The van der Waals surface area contributed by atoms with E-state index in [0.717, 1.165) is 44.0 Å². The fourth-order valence-corrected chi connectivity index (χ4v) is 4.04. The van der Waals surface area contributed by atoms with Crippen LogP contribution < -0.4 is 4.90 Å². The number of rotatable bonds is 3. The normalized spacial score (nSPS) is 19.2. The van der Waals surface area contributed by atoms with Crippen LogP contribution in [0.5, 0.6) is 0 Å². The van der Waals surface area contributed by atoms with Gasteiger partial charge in [0.05, 0.1) is 0 Å². The second kappa shape index (κ2) is 7.84. The molecule has 1 aliphatic carbocycles. The van der Waals surface area contributed by atoms with E-state index in [1.807, 2.05) is 12.1 Å². The Labute approximate surface area is 164 Å². The van der Waals surface area contributed by atoms with E-state index in [2.05, 4.69) is 22.8 Å². The predicted molar refractivity (Wildman–Crippen MR) is 108 cm³/mol.